The Morgan fingerprint density at radius 1 is 1.10 bits per heavy atom. The third-order valence-corrected chi connectivity index (χ3v) is 6.62. The van der Waals surface area contributed by atoms with Crippen LogP contribution in [0, 0.1) is 5.41 Å². The summed E-state index contributed by atoms with van der Waals surface area (Å²) in [6.07, 6.45) is -4.54. The molecule has 0 bridgehead atoms. The number of nitrogens with zero attached hydrogens (tertiary/aromatic N) is 4. The van der Waals surface area contributed by atoms with Crippen LogP contribution in [-0.4, -0.2) is 59.7 Å². The molecule has 3 atom stereocenters. The van der Waals surface area contributed by atoms with E-state index in [1.165, 1.54) is 24.4 Å². The Labute approximate surface area is 228 Å². The lowest BCUT2D eigenvalue weighted by molar-refractivity contribution is -0.137. The van der Waals surface area contributed by atoms with Gasteiger partial charge in [-0.05, 0) is 42.5 Å². The number of alkyl halides is 3. The second kappa shape index (κ2) is 12.5. The summed E-state index contributed by atoms with van der Waals surface area (Å²) in [4.78, 5) is 26.9. The maximum absolute atomic E-state index is 13.1. The number of aromatic amines is 1. The van der Waals surface area contributed by atoms with Crippen molar-refractivity contribution in [3.63, 3.8) is 0 Å². The Morgan fingerprint density at radius 3 is 2.30 bits per heavy atom. The highest BCUT2D eigenvalue weighted by Gasteiger charge is 2.48. The van der Waals surface area contributed by atoms with Gasteiger partial charge in [0, 0.05) is 11.6 Å². The fourth-order valence-corrected chi connectivity index (χ4v) is 4.81. The van der Waals surface area contributed by atoms with E-state index in [0.717, 1.165) is 17.0 Å². The molecule has 14 heteroatoms. The fraction of sp³-hybridized carbons (Fsp3) is 0.500. The van der Waals surface area contributed by atoms with E-state index in [9.17, 15) is 33.0 Å². The number of hydrogen-bond donors (Lipinski definition) is 4. The van der Waals surface area contributed by atoms with Crippen molar-refractivity contribution in [3.8, 4) is 11.5 Å². The molecule has 40 heavy (non-hydrogen) atoms. The predicted octanol–water partition coefficient (Wildman–Crippen LogP) is 5.49. The normalized spacial score (nSPS) is 14.4. The zero-order valence-electron chi connectivity index (χ0n) is 22.6. The topological polar surface area (TPSA) is 157 Å². The summed E-state index contributed by atoms with van der Waals surface area (Å²) in [5.74, 6) is -0.827. The lowest BCUT2D eigenvalue weighted by Crippen LogP contribution is -2.58. The van der Waals surface area contributed by atoms with Crippen molar-refractivity contribution in [3.05, 3.63) is 48.0 Å². The number of rotatable bonds is 12. The van der Waals surface area contributed by atoms with Gasteiger partial charge in [-0.1, -0.05) is 40.5 Å². The van der Waals surface area contributed by atoms with E-state index in [4.69, 9.17) is 4.42 Å². The number of amides is 2. The molecule has 2 amide bonds. The summed E-state index contributed by atoms with van der Waals surface area (Å²) >= 11 is 0. The van der Waals surface area contributed by atoms with Gasteiger partial charge in [0.15, 0.2) is 6.10 Å². The molecule has 218 valence electrons. The molecule has 3 rings (SSSR count). The van der Waals surface area contributed by atoms with E-state index >= 15 is 0 Å². The molecule has 0 fully saturated rings. The molecule has 2 aromatic heterocycles. The van der Waals surface area contributed by atoms with Crippen LogP contribution in [0.2, 0.25) is 0 Å². The van der Waals surface area contributed by atoms with Gasteiger partial charge < -0.3 is 19.9 Å². The summed E-state index contributed by atoms with van der Waals surface area (Å²) in [6, 6.07) is 3.29. The Kier molecular flexibility index (Phi) is 9.56. The van der Waals surface area contributed by atoms with E-state index in [-0.39, 0.29) is 29.6 Å². The maximum Gasteiger partial charge on any atom is 0.416 e. The predicted molar refractivity (Wildman–Crippen MR) is 138 cm³/mol. The van der Waals surface area contributed by atoms with Crippen molar-refractivity contribution in [2.45, 2.75) is 77.7 Å². The number of aromatic nitrogens is 4. The van der Waals surface area contributed by atoms with E-state index in [0.29, 0.717) is 19.3 Å². The highest BCUT2D eigenvalue weighted by atomic mass is 19.4. The van der Waals surface area contributed by atoms with E-state index in [1.807, 2.05) is 13.8 Å². The highest BCUT2D eigenvalue weighted by molar-refractivity contribution is 5.94. The molecule has 0 unspecified atom stereocenters. The van der Waals surface area contributed by atoms with E-state index < -0.39 is 47.3 Å². The number of benzene rings is 1. The van der Waals surface area contributed by atoms with Crippen LogP contribution < -0.4 is 5.32 Å². The second-order valence-electron chi connectivity index (χ2n) is 10.1. The summed E-state index contributed by atoms with van der Waals surface area (Å²) in [5.41, 5.74) is -1.52. The number of nitrogens with one attached hydrogen (secondary N) is 2. The molecule has 0 saturated heterocycles. The Morgan fingerprint density at radius 2 is 1.77 bits per heavy atom. The van der Waals surface area contributed by atoms with Crippen molar-refractivity contribution in [2.24, 2.45) is 5.41 Å². The number of anilines is 1. The molecule has 0 aliphatic rings. The average Bonchev–Trinajstić information content (AvgIpc) is 3.57. The largest absolute Gasteiger partial charge is 0.465 e. The van der Waals surface area contributed by atoms with Crippen LogP contribution in [0.3, 0.4) is 0 Å². The van der Waals surface area contributed by atoms with E-state index in [1.54, 1.807) is 13.8 Å². The van der Waals surface area contributed by atoms with Crippen molar-refractivity contribution < 1.29 is 37.4 Å². The highest BCUT2D eigenvalue weighted by Crippen LogP contribution is 2.39. The average molecular weight is 567 g/mol. The molecule has 0 radical (unpaired) electrons. The van der Waals surface area contributed by atoms with Crippen LogP contribution in [0.1, 0.15) is 70.9 Å². The van der Waals surface area contributed by atoms with Gasteiger partial charge in [-0.2, -0.15) is 18.3 Å². The molecule has 0 aliphatic carbocycles. The van der Waals surface area contributed by atoms with Crippen LogP contribution in [0.4, 0.5) is 23.8 Å². The first kappa shape index (κ1) is 30.6. The number of carbonyl (C=O) groups is 2. The first-order chi connectivity index (χ1) is 18.8. The number of carbonyl (C=O) groups excluding carboxylic acids is 1. The minimum absolute atomic E-state index is 0.0999. The monoisotopic (exact) mass is 566 g/mol. The van der Waals surface area contributed by atoms with Crippen LogP contribution >= 0.6 is 0 Å². The minimum atomic E-state index is -4.52. The van der Waals surface area contributed by atoms with Gasteiger partial charge in [0.2, 0.25) is 11.8 Å². The summed E-state index contributed by atoms with van der Waals surface area (Å²) in [6.45, 7) is 7.23. The Balaban J connectivity index is 2.02. The lowest BCUT2D eigenvalue weighted by atomic mass is 9.76. The second-order valence-corrected chi connectivity index (χ2v) is 10.1. The number of carboxylic acid groups (broad SMARTS) is 1. The molecular formula is C26H33F3N6O5. The maximum atomic E-state index is 13.1. The van der Waals surface area contributed by atoms with Gasteiger partial charge >= 0.3 is 12.3 Å². The summed E-state index contributed by atoms with van der Waals surface area (Å²) in [5, 5.41) is 38.5. The minimum Gasteiger partial charge on any atom is -0.465 e. The zero-order valence-corrected chi connectivity index (χ0v) is 22.6. The molecule has 1 aromatic carbocycles. The van der Waals surface area contributed by atoms with Gasteiger partial charge in [-0.3, -0.25) is 14.8 Å². The third-order valence-electron chi connectivity index (χ3n) is 6.62. The van der Waals surface area contributed by atoms with Gasteiger partial charge in [0.05, 0.1) is 17.8 Å². The molecule has 11 nitrogen and oxygen atoms in total. The van der Waals surface area contributed by atoms with Gasteiger partial charge in [0.1, 0.15) is 11.9 Å². The van der Waals surface area contributed by atoms with Crippen LogP contribution in [0.25, 0.3) is 11.5 Å². The lowest BCUT2D eigenvalue weighted by Gasteiger charge is -2.45. The van der Waals surface area contributed by atoms with Crippen LogP contribution in [0.5, 0.6) is 0 Å². The smallest absolute Gasteiger partial charge is 0.416 e. The van der Waals surface area contributed by atoms with Crippen molar-refractivity contribution in [1.82, 2.24) is 25.3 Å². The number of hydrogen-bond acceptors (Lipinski definition) is 7. The van der Waals surface area contributed by atoms with Crippen molar-refractivity contribution in [2.75, 3.05) is 5.32 Å². The molecule has 0 spiro atoms. The fourth-order valence-electron chi connectivity index (χ4n) is 4.81. The first-order valence-electron chi connectivity index (χ1n) is 12.8. The van der Waals surface area contributed by atoms with Crippen molar-refractivity contribution >= 4 is 17.8 Å². The number of aliphatic hydroxyl groups is 1. The Hall–Kier alpha value is -3.94. The summed E-state index contributed by atoms with van der Waals surface area (Å²) < 4.78 is 44.7. The molecule has 2 heterocycles. The van der Waals surface area contributed by atoms with Crippen LogP contribution in [0.15, 0.2) is 40.9 Å². The van der Waals surface area contributed by atoms with Crippen LogP contribution in [-0.2, 0) is 11.0 Å². The van der Waals surface area contributed by atoms with E-state index in [2.05, 4.69) is 25.7 Å². The quantitative estimate of drug-likeness (QED) is 0.224. The number of H-pyrrole nitrogens is 1. The van der Waals surface area contributed by atoms with Crippen molar-refractivity contribution in [1.29, 1.82) is 0 Å². The third kappa shape index (κ3) is 6.97. The molecule has 0 aliphatic heterocycles. The molecule has 0 saturated carbocycles. The summed E-state index contributed by atoms with van der Waals surface area (Å²) in [7, 11) is 0. The first-order valence-corrected chi connectivity index (χ1v) is 12.8. The van der Waals surface area contributed by atoms with Gasteiger partial charge in [-0.15, -0.1) is 10.2 Å². The molecule has 3 aromatic rings. The standard InChI is InChI=1S/C26H33F3N6O5/c1-5-7-17(23-34-33-22(40-23)15-8-10-16(11-9-15)26(27,28)29)35(24(38)39)20(25(3,4)13-6-2)19(36)21(37)31-18-12-14-30-32-18/h8-12,14,17,19-20,36H,5-7,13H2,1-4H3,(H,38,39)(H2,30,31,32,37)/t17-,19+,20+/m0/s1. The van der Waals surface area contributed by atoms with Gasteiger partial charge in [-0.25, -0.2) is 4.79 Å². The number of halogens is 3. The molecular weight excluding hydrogens is 533 g/mol. The SMILES string of the molecule is CCC[C@@H](c1nnc(-c2ccc(C(F)(F)F)cc2)o1)N(C(=O)O)[C@H]([C@@H](O)C(=O)Nc1ccn[nH]1)C(C)(C)CCC. The number of aliphatic hydroxyl groups excluding tert-OH is 1. The Bertz CT molecular complexity index is 1260. The zero-order chi connectivity index (χ0) is 29.7. The van der Waals surface area contributed by atoms with Gasteiger partial charge in [0.25, 0.3) is 5.91 Å². The molecule has 4 N–H and O–H groups in total.